The highest BCUT2D eigenvalue weighted by Gasteiger charge is 2.15. The number of hydrogen-bond acceptors (Lipinski definition) is 4. The van der Waals surface area contributed by atoms with Crippen molar-refractivity contribution in [2.45, 2.75) is 161 Å². The average Bonchev–Trinajstić information content (AvgIpc) is 2.91. The van der Waals surface area contributed by atoms with Gasteiger partial charge in [-0.1, -0.05) is 102 Å². The van der Waals surface area contributed by atoms with Crippen LogP contribution in [0.5, 0.6) is 0 Å². The molecule has 0 amide bonds. The highest BCUT2D eigenvalue weighted by molar-refractivity contribution is 5.69. The van der Waals surface area contributed by atoms with Gasteiger partial charge < -0.3 is 14.7 Å². The van der Waals surface area contributed by atoms with Crippen LogP contribution >= 0.6 is 0 Å². The maximum atomic E-state index is 12.4. The minimum atomic E-state index is -0.703. The lowest BCUT2D eigenvalue weighted by atomic mass is 10.00. The monoisotopic (exact) mass is 563 g/mol. The molecule has 0 radical (unpaired) electrons. The number of nitrogens with zero attached hydrogens (tertiary/aromatic N) is 1. The van der Waals surface area contributed by atoms with Crippen LogP contribution in [0.4, 0.5) is 0 Å². The highest BCUT2D eigenvalue weighted by atomic mass is 16.5. The van der Waals surface area contributed by atoms with Crippen molar-refractivity contribution < 1.29 is 19.4 Å². The van der Waals surface area contributed by atoms with E-state index in [0.29, 0.717) is 6.42 Å². The van der Waals surface area contributed by atoms with E-state index in [1.165, 1.54) is 70.6 Å². The van der Waals surface area contributed by atoms with Crippen LogP contribution in [0.1, 0.15) is 155 Å². The Balaban J connectivity index is 4.00. The van der Waals surface area contributed by atoms with Crippen molar-refractivity contribution in [3.8, 4) is 0 Å². The fourth-order valence-electron chi connectivity index (χ4n) is 4.88. The van der Waals surface area contributed by atoms with Gasteiger partial charge in [-0.15, -0.1) is 0 Å². The van der Waals surface area contributed by atoms with E-state index in [0.717, 1.165) is 70.8 Å². The minimum absolute atomic E-state index is 0.0303. The second kappa shape index (κ2) is 28.9. The lowest BCUT2D eigenvalue weighted by Gasteiger charge is -2.18. The lowest BCUT2D eigenvalue weighted by molar-refractivity contribution is -0.150. The molecule has 1 N–H and O–H groups in total. The van der Waals surface area contributed by atoms with Gasteiger partial charge in [0, 0.05) is 6.42 Å². The molecule has 0 aromatic carbocycles. The summed E-state index contributed by atoms with van der Waals surface area (Å²) in [5.74, 6) is -1.02. The van der Waals surface area contributed by atoms with Crippen molar-refractivity contribution in [2.24, 2.45) is 5.92 Å². The first-order chi connectivity index (χ1) is 19.4. The van der Waals surface area contributed by atoms with Crippen molar-refractivity contribution in [1.29, 1.82) is 0 Å². The predicted octanol–water partition coefficient (Wildman–Crippen LogP) is 9.89. The van der Waals surface area contributed by atoms with Gasteiger partial charge in [0.05, 0.1) is 5.92 Å². The Kier molecular flexibility index (Phi) is 27.7. The SMILES string of the molecule is CCCCCC=CCC=CCCCCCCCCCC(CCCCCCC(C)C(=O)O)OC(=O)CCCN(C)C. The second-order valence-corrected chi connectivity index (χ2v) is 12.0. The Morgan fingerprint density at radius 2 is 1.20 bits per heavy atom. The van der Waals surface area contributed by atoms with E-state index in [-0.39, 0.29) is 18.0 Å². The number of unbranched alkanes of at least 4 members (excludes halogenated alkanes) is 13. The molecule has 0 aromatic heterocycles. The third-order valence-electron chi connectivity index (χ3n) is 7.60. The van der Waals surface area contributed by atoms with E-state index in [1.54, 1.807) is 6.92 Å². The van der Waals surface area contributed by atoms with Crippen molar-refractivity contribution >= 4 is 11.9 Å². The first-order valence-corrected chi connectivity index (χ1v) is 16.7. The molecule has 0 saturated carbocycles. The fraction of sp³-hybridized carbons (Fsp3) is 0.829. The molecule has 234 valence electrons. The van der Waals surface area contributed by atoms with Crippen LogP contribution in [0.2, 0.25) is 0 Å². The average molecular weight is 564 g/mol. The van der Waals surface area contributed by atoms with Gasteiger partial charge in [-0.05, 0) is 91.3 Å². The van der Waals surface area contributed by atoms with E-state index < -0.39 is 5.97 Å². The molecule has 0 fully saturated rings. The number of allylic oxidation sites excluding steroid dienone is 4. The van der Waals surface area contributed by atoms with E-state index in [1.807, 2.05) is 14.1 Å². The van der Waals surface area contributed by atoms with Crippen molar-refractivity contribution in [1.82, 2.24) is 4.90 Å². The third kappa shape index (κ3) is 27.9. The number of carboxylic acid groups (broad SMARTS) is 1. The molecule has 0 spiro atoms. The molecular formula is C35H65NO4. The molecule has 0 aliphatic rings. The van der Waals surface area contributed by atoms with Crippen LogP contribution in [0.3, 0.4) is 0 Å². The zero-order valence-electron chi connectivity index (χ0n) is 26.8. The smallest absolute Gasteiger partial charge is 0.306 e. The van der Waals surface area contributed by atoms with E-state index in [4.69, 9.17) is 9.84 Å². The first kappa shape index (κ1) is 38.4. The van der Waals surface area contributed by atoms with Crippen molar-refractivity contribution in [3.05, 3.63) is 24.3 Å². The van der Waals surface area contributed by atoms with Crippen LogP contribution in [0.15, 0.2) is 24.3 Å². The number of esters is 1. The molecule has 0 aliphatic heterocycles. The Morgan fingerprint density at radius 3 is 1.73 bits per heavy atom. The first-order valence-electron chi connectivity index (χ1n) is 16.7. The minimum Gasteiger partial charge on any atom is -0.481 e. The summed E-state index contributed by atoms with van der Waals surface area (Å²) >= 11 is 0. The van der Waals surface area contributed by atoms with Gasteiger partial charge >= 0.3 is 11.9 Å². The van der Waals surface area contributed by atoms with Gasteiger partial charge in [-0.2, -0.15) is 0 Å². The van der Waals surface area contributed by atoms with Crippen molar-refractivity contribution in [2.75, 3.05) is 20.6 Å². The molecule has 0 rings (SSSR count). The Morgan fingerprint density at radius 1 is 0.700 bits per heavy atom. The number of carbonyl (C=O) groups excluding carboxylic acids is 1. The molecule has 5 nitrogen and oxygen atoms in total. The normalized spacial score (nSPS) is 13.4. The number of aliphatic carboxylic acids is 1. The van der Waals surface area contributed by atoms with E-state index >= 15 is 0 Å². The third-order valence-corrected chi connectivity index (χ3v) is 7.60. The number of ether oxygens (including phenoxy) is 1. The summed E-state index contributed by atoms with van der Waals surface area (Å²) in [4.78, 5) is 25.4. The van der Waals surface area contributed by atoms with E-state index in [9.17, 15) is 9.59 Å². The maximum Gasteiger partial charge on any atom is 0.306 e. The van der Waals surface area contributed by atoms with Crippen LogP contribution < -0.4 is 0 Å². The number of carboxylic acids is 1. The summed E-state index contributed by atoms with van der Waals surface area (Å²) in [5, 5.41) is 9.02. The summed E-state index contributed by atoms with van der Waals surface area (Å²) in [6.45, 7) is 4.93. The topological polar surface area (TPSA) is 66.8 Å². The lowest BCUT2D eigenvalue weighted by Crippen LogP contribution is -2.20. The molecule has 0 aliphatic carbocycles. The van der Waals surface area contributed by atoms with Crippen LogP contribution in [0.25, 0.3) is 0 Å². The fourth-order valence-corrected chi connectivity index (χ4v) is 4.88. The van der Waals surface area contributed by atoms with Gasteiger partial charge in [0.25, 0.3) is 0 Å². The predicted molar refractivity (Wildman–Crippen MR) is 171 cm³/mol. The molecule has 0 aromatic rings. The Labute approximate surface area is 248 Å². The van der Waals surface area contributed by atoms with Crippen molar-refractivity contribution in [3.63, 3.8) is 0 Å². The zero-order chi connectivity index (χ0) is 29.7. The highest BCUT2D eigenvalue weighted by Crippen LogP contribution is 2.18. The second-order valence-electron chi connectivity index (χ2n) is 12.0. The summed E-state index contributed by atoms with van der Waals surface area (Å²) in [6.07, 6.45) is 33.7. The van der Waals surface area contributed by atoms with Gasteiger partial charge in [0.2, 0.25) is 0 Å². The van der Waals surface area contributed by atoms with Gasteiger partial charge in [-0.25, -0.2) is 0 Å². The standard InChI is InChI=1S/C35H65NO4/c1-5-6-7-8-9-10-11-12-13-14-15-16-17-18-19-20-24-28-33(40-34(37)30-26-31-36(3)4)29-25-22-21-23-27-32(2)35(38)39/h9-10,12-13,32-33H,5-8,11,14-31H2,1-4H3,(H,38,39). The number of hydrogen-bond donors (Lipinski definition) is 1. The maximum absolute atomic E-state index is 12.4. The molecule has 2 unspecified atom stereocenters. The van der Waals surface area contributed by atoms with Gasteiger partial charge in [0.1, 0.15) is 6.10 Å². The van der Waals surface area contributed by atoms with Crippen LogP contribution in [-0.2, 0) is 14.3 Å². The molecule has 2 atom stereocenters. The summed E-state index contributed by atoms with van der Waals surface area (Å²) < 4.78 is 5.89. The Hall–Kier alpha value is -1.62. The molecule has 5 heteroatoms. The van der Waals surface area contributed by atoms with Gasteiger partial charge in [-0.3, -0.25) is 9.59 Å². The van der Waals surface area contributed by atoms with Crippen LogP contribution in [-0.4, -0.2) is 48.7 Å². The number of carbonyl (C=O) groups is 2. The molecular weight excluding hydrogens is 498 g/mol. The van der Waals surface area contributed by atoms with E-state index in [2.05, 4.69) is 36.1 Å². The van der Waals surface area contributed by atoms with Gasteiger partial charge in [0.15, 0.2) is 0 Å². The summed E-state index contributed by atoms with van der Waals surface area (Å²) in [7, 11) is 4.05. The quantitative estimate of drug-likeness (QED) is 0.0557. The molecule has 0 saturated heterocycles. The Bertz CT molecular complexity index is 643. The zero-order valence-corrected chi connectivity index (χ0v) is 26.8. The largest absolute Gasteiger partial charge is 0.481 e. The molecule has 0 bridgehead atoms. The van der Waals surface area contributed by atoms with Crippen LogP contribution in [0, 0.1) is 5.92 Å². The molecule has 40 heavy (non-hydrogen) atoms. The number of rotatable bonds is 29. The molecule has 0 heterocycles. The summed E-state index contributed by atoms with van der Waals surface area (Å²) in [6, 6.07) is 0. The summed E-state index contributed by atoms with van der Waals surface area (Å²) in [5.41, 5.74) is 0.